The van der Waals surface area contributed by atoms with E-state index in [0.717, 1.165) is 13.2 Å². The van der Waals surface area contributed by atoms with Gasteiger partial charge >= 0.3 is 12.1 Å². The Morgan fingerprint density at radius 2 is 1.92 bits per heavy atom. The summed E-state index contributed by atoms with van der Waals surface area (Å²) in [5, 5.41) is -0.889. The first-order chi connectivity index (χ1) is 11.1. The fourth-order valence-electron chi connectivity index (χ4n) is 1.86. The van der Waals surface area contributed by atoms with E-state index in [2.05, 4.69) is 9.72 Å². The average Bonchev–Trinajstić information content (AvgIpc) is 2.52. The van der Waals surface area contributed by atoms with Gasteiger partial charge < -0.3 is 10.5 Å². The molecule has 0 saturated carbocycles. The van der Waals surface area contributed by atoms with Crippen LogP contribution >= 0.6 is 23.2 Å². The lowest BCUT2D eigenvalue weighted by atomic mass is 10.1. The summed E-state index contributed by atoms with van der Waals surface area (Å²) >= 11 is 11.5. The molecule has 0 amide bonds. The number of aromatic nitrogens is 1. The van der Waals surface area contributed by atoms with Crippen molar-refractivity contribution in [2.24, 2.45) is 0 Å². The number of methoxy groups -OCH3 is 1. The van der Waals surface area contributed by atoms with Crippen molar-refractivity contribution >= 4 is 34.9 Å². The third kappa shape index (κ3) is 3.25. The number of alkyl halides is 3. The number of hydrogen-bond donors (Lipinski definition) is 1. The van der Waals surface area contributed by atoms with Gasteiger partial charge in [-0.25, -0.2) is 14.2 Å². The molecule has 128 valence electrons. The third-order valence-corrected chi connectivity index (χ3v) is 3.74. The number of esters is 1. The molecule has 0 aliphatic rings. The van der Waals surface area contributed by atoms with E-state index in [9.17, 15) is 22.4 Å². The van der Waals surface area contributed by atoms with Crippen LogP contribution in [0.1, 0.15) is 16.1 Å². The Bertz CT molecular complexity index is 825. The number of nitrogens with zero attached hydrogens (tertiary/aromatic N) is 1. The van der Waals surface area contributed by atoms with Gasteiger partial charge in [-0.15, -0.1) is 0 Å². The summed E-state index contributed by atoms with van der Waals surface area (Å²) < 4.78 is 56.8. The number of anilines is 1. The molecule has 1 heterocycles. The van der Waals surface area contributed by atoms with E-state index < -0.39 is 50.6 Å². The van der Waals surface area contributed by atoms with Gasteiger partial charge in [0.25, 0.3) is 0 Å². The fourth-order valence-corrected chi connectivity index (χ4v) is 2.33. The zero-order valence-electron chi connectivity index (χ0n) is 11.8. The second-order valence-corrected chi connectivity index (χ2v) is 5.32. The van der Waals surface area contributed by atoms with Gasteiger partial charge in [-0.05, 0) is 12.1 Å². The Kier molecular flexibility index (Phi) is 4.91. The third-order valence-electron chi connectivity index (χ3n) is 3.04. The van der Waals surface area contributed by atoms with Gasteiger partial charge in [0.1, 0.15) is 5.69 Å². The number of nitrogens with two attached hydrogens (primary N) is 1. The van der Waals surface area contributed by atoms with Crippen LogP contribution in [0.25, 0.3) is 11.3 Å². The highest BCUT2D eigenvalue weighted by molar-refractivity contribution is 6.36. The average molecular weight is 383 g/mol. The van der Waals surface area contributed by atoms with Crippen LogP contribution in [0.3, 0.4) is 0 Å². The molecule has 0 aliphatic heterocycles. The Labute approximate surface area is 143 Å². The minimum absolute atomic E-state index is 0.185. The molecule has 2 N–H and O–H groups in total. The topological polar surface area (TPSA) is 65.2 Å². The number of nitrogen functional groups attached to an aromatic ring is 1. The van der Waals surface area contributed by atoms with E-state index in [-0.39, 0.29) is 5.56 Å². The first-order valence-corrected chi connectivity index (χ1v) is 6.93. The Morgan fingerprint density at radius 1 is 1.29 bits per heavy atom. The minimum atomic E-state index is -4.62. The molecule has 0 radical (unpaired) electrons. The number of benzene rings is 1. The van der Waals surface area contributed by atoms with Crippen LogP contribution in [0.5, 0.6) is 0 Å². The van der Waals surface area contributed by atoms with Crippen molar-refractivity contribution < 1.29 is 27.1 Å². The largest absolute Gasteiger partial charge is 0.464 e. The first kappa shape index (κ1) is 18.3. The molecular formula is C14H8Cl2F4N2O2. The summed E-state index contributed by atoms with van der Waals surface area (Å²) in [5.74, 6) is -2.11. The molecule has 0 unspecified atom stereocenters. The normalized spacial score (nSPS) is 11.5. The minimum Gasteiger partial charge on any atom is -0.464 e. The molecule has 1 aromatic carbocycles. The highest BCUT2D eigenvalue weighted by Crippen LogP contribution is 2.38. The van der Waals surface area contributed by atoms with E-state index in [4.69, 9.17) is 28.9 Å². The van der Waals surface area contributed by atoms with Crippen molar-refractivity contribution in [3.05, 3.63) is 45.3 Å². The SMILES string of the molecule is COC(=O)c1nc(-c2ccc(C(F)(F)F)cc2Cl)c(F)c(N)c1Cl. The van der Waals surface area contributed by atoms with Gasteiger partial charge in [0.05, 0.1) is 28.4 Å². The van der Waals surface area contributed by atoms with E-state index in [1.54, 1.807) is 0 Å². The second-order valence-electron chi connectivity index (χ2n) is 4.53. The Hall–Kier alpha value is -2.06. The molecule has 24 heavy (non-hydrogen) atoms. The van der Waals surface area contributed by atoms with Gasteiger partial charge in [-0.3, -0.25) is 0 Å². The van der Waals surface area contributed by atoms with Gasteiger partial charge in [0.15, 0.2) is 11.5 Å². The standard InChI is InChI=1S/C14H8Cl2F4N2O2/c1-24-13(23)12-8(16)10(21)9(17)11(22-12)6-3-2-5(4-7(6)15)14(18,19)20/h2-4H,1H3,(H2,21,22). The van der Waals surface area contributed by atoms with E-state index in [1.807, 2.05) is 0 Å². The molecule has 4 nitrogen and oxygen atoms in total. The molecule has 1 aromatic heterocycles. The van der Waals surface area contributed by atoms with Gasteiger partial charge in [-0.2, -0.15) is 13.2 Å². The lowest BCUT2D eigenvalue weighted by Crippen LogP contribution is -2.11. The van der Waals surface area contributed by atoms with Gasteiger partial charge in [0, 0.05) is 5.56 Å². The number of hydrogen-bond acceptors (Lipinski definition) is 4. The predicted octanol–water partition coefficient (Wildman–Crippen LogP) is 4.58. The van der Waals surface area contributed by atoms with Crippen molar-refractivity contribution in [3.63, 3.8) is 0 Å². The maximum Gasteiger partial charge on any atom is 0.416 e. The molecule has 0 aliphatic carbocycles. The Morgan fingerprint density at radius 3 is 2.42 bits per heavy atom. The summed E-state index contributed by atoms with van der Waals surface area (Å²) in [6.45, 7) is 0. The molecule has 2 aromatic rings. The van der Waals surface area contributed by atoms with E-state index in [1.165, 1.54) is 0 Å². The highest BCUT2D eigenvalue weighted by atomic mass is 35.5. The summed E-state index contributed by atoms with van der Waals surface area (Å²) in [5.41, 5.74) is 2.68. The quantitative estimate of drug-likeness (QED) is 0.609. The molecule has 0 saturated heterocycles. The van der Waals surface area contributed by atoms with Crippen LogP contribution in [0.4, 0.5) is 23.2 Å². The zero-order valence-corrected chi connectivity index (χ0v) is 13.4. The first-order valence-electron chi connectivity index (χ1n) is 6.17. The van der Waals surface area contributed by atoms with Crippen LogP contribution in [-0.2, 0) is 10.9 Å². The molecule has 0 spiro atoms. The van der Waals surface area contributed by atoms with Gasteiger partial charge in [0.2, 0.25) is 0 Å². The highest BCUT2D eigenvalue weighted by Gasteiger charge is 2.31. The van der Waals surface area contributed by atoms with Crippen LogP contribution in [0.2, 0.25) is 10.0 Å². The maximum absolute atomic E-state index is 14.3. The summed E-state index contributed by atoms with van der Waals surface area (Å²) in [7, 11) is 1.05. The molecular weight excluding hydrogens is 375 g/mol. The van der Waals surface area contributed by atoms with Crippen LogP contribution in [0.15, 0.2) is 18.2 Å². The molecule has 0 atom stereocenters. The number of halogens is 6. The fraction of sp³-hybridized carbons (Fsp3) is 0.143. The van der Waals surface area contributed by atoms with Crippen molar-refractivity contribution in [2.75, 3.05) is 12.8 Å². The molecule has 0 fully saturated rings. The van der Waals surface area contributed by atoms with E-state index >= 15 is 0 Å². The maximum atomic E-state index is 14.3. The molecule has 0 bridgehead atoms. The van der Waals surface area contributed by atoms with Crippen LogP contribution in [0, 0.1) is 5.82 Å². The lowest BCUT2D eigenvalue weighted by Gasteiger charge is -2.13. The van der Waals surface area contributed by atoms with Gasteiger partial charge in [-0.1, -0.05) is 29.3 Å². The predicted molar refractivity (Wildman–Crippen MR) is 80.4 cm³/mol. The van der Waals surface area contributed by atoms with Crippen molar-refractivity contribution in [2.45, 2.75) is 6.18 Å². The van der Waals surface area contributed by atoms with Crippen LogP contribution < -0.4 is 5.73 Å². The zero-order chi connectivity index (χ0) is 18.2. The molecule has 2 rings (SSSR count). The monoisotopic (exact) mass is 382 g/mol. The second kappa shape index (κ2) is 6.45. The number of carbonyl (C=O) groups is 1. The lowest BCUT2D eigenvalue weighted by molar-refractivity contribution is -0.137. The number of carbonyl (C=O) groups excluding carboxylic acids is 1. The number of rotatable bonds is 2. The van der Waals surface area contributed by atoms with Crippen molar-refractivity contribution in [1.82, 2.24) is 4.98 Å². The molecule has 10 heteroatoms. The number of ether oxygens (including phenoxy) is 1. The summed E-state index contributed by atoms with van der Waals surface area (Å²) in [6, 6.07) is 2.23. The summed E-state index contributed by atoms with van der Waals surface area (Å²) in [4.78, 5) is 15.3. The van der Waals surface area contributed by atoms with Crippen molar-refractivity contribution in [1.29, 1.82) is 0 Å². The van der Waals surface area contributed by atoms with Crippen molar-refractivity contribution in [3.8, 4) is 11.3 Å². The smallest absolute Gasteiger partial charge is 0.416 e. The van der Waals surface area contributed by atoms with E-state index in [0.29, 0.717) is 12.1 Å². The van der Waals surface area contributed by atoms with Crippen LogP contribution in [-0.4, -0.2) is 18.1 Å². The summed E-state index contributed by atoms with van der Waals surface area (Å²) in [6.07, 6.45) is -4.62. The Balaban J connectivity index is 2.69. The number of pyridine rings is 1.